The van der Waals surface area contributed by atoms with Gasteiger partial charge in [-0.15, -0.1) is 0 Å². The van der Waals surface area contributed by atoms with Crippen LogP contribution in [0.4, 0.5) is 30.6 Å². The van der Waals surface area contributed by atoms with Gasteiger partial charge in [-0.2, -0.15) is 18.2 Å². The number of alkyl halides is 3. The Hall–Kier alpha value is -2.84. The van der Waals surface area contributed by atoms with Gasteiger partial charge in [0.25, 0.3) is 0 Å². The van der Waals surface area contributed by atoms with Gasteiger partial charge in [0.1, 0.15) is 5.82 Å². The molecule has 0 fully saturated rings. The first-order chi connectivity index (χ1) is 14.7. The van der Waals surface area contributed by atoms with Crippen LogP contribution >= 0.6 is 11.6 Å². The van der Waals surface area contributed by atoms with Crippen molar-refractivity contribution in [3.63, 3.8) is 0 Å². The molecule has 2 aromatic carbocycles. The van der Waals surface area contributed by atoms with Crippen molar-refractivity contribution in [1.29, 1.82) is 0 Å². The molecule has 3 aromatic rings. The van der Waals surface area contributed by atoms with Gasteiger partial charge in [0.05, 0.1) is 34.6 Å². The average molecular weight is 451 g/mol. The molecule has 1 atom stereocenters. The lowest BCUT2D eigenvalue weighted by atomic mass is 10.1. The minimum Gasteiger partial charge on any atom is -0.394 e. The molecular formula is C22H22ClF3N4O. The number of aliphatic hydroxyl groups is 1. The SMILES string of the molecule is CC(C)[C@@H](CO)Nc1nc(Nc2c(Cl)cccc2C(F)(F)F)cc(-c2ccccc2)n1. The van der Waals surface area contributed by atoms with Crippen molar-refractivity contribution in [2.24, 2.45) is 5.92 Å². The molecule has 0 spiro atoms. The molecule has 164 valence electrons. The van der Waals surface area contributed by atoms with E-state index in [1.807, 2.05) is 44.2 Å². The van der Waals surface area contributed by atoms with Crippen LogP contribution in [0.25, 0.3) is 11.3 Å². The van der Waals surface area contributed by atoms with Crippen LogP contribution in [-0.2, 0) is 6.18 Å². The zero-order chi connectivity index (χ0) is 22.6. The van der Waals surface area contributed by atoms with Crippen LogP contribution in [-0.4, -0.2) is 27.7 Å². The molecule has 0 amide bonds. The van der Waals surface area contributed by atoms with Gasteiger partial charge in [0.15, 0.2) is 0 Å². The van der Waals surface area contributed by atoms with E-state index in [0.29, 0.717) is 5.69 Å². The molecule has 0 aliphatic rings. The Morgan fingerprint density at radius 1 is 1.03 bits per heavy atom. The normalized spacial score (nSPS) is 12.6. The summed E-state index contributed by atoms with van der Waals surface area (Å²) < 4.78 is 40.5. The molecule has 3 N–H and O–H groups in total. The van der Waals surface area contributed by atoms with Gasteiger partial charge in [-0.25, -0.2) is 4.98 Å². The topological polar surface area (TPSA) is 70.1 Å². The van der Waals surface area contributed by atoms with Crippen LogP contribution in [0.1, 0.15) is 19.4 Å². The number of para-hydroxylation sites is 1. The minimum atomic E-state index is -4.59. The van der Waals surface area contributed by atoms with Crippen LogP contribution in [0, 0.1) is 5.92 Å². The molecule has 0 radical (unpaired) electrons. The summed E-state index contributed by atoms with van der Waals surface area (Å²) in [6.07, 6.45) is -4.59. The van der Waals surface area contributed by atoms with Crippen molar-refractivity contribution in [3.8, 4) is 11.3 Å². The van der Waals surface area contributed by atoms with Gasteiger partial charge >= 0.3 is 6.18 Å². The number of halogens is 4. The monoisotopic (exact) mass is 450 g/mol. The van der Waals surface area contributed by atoms with E-state index in [4.69, 9.17) is 11.6 Å². The van der Waals surface area contributed by atoms with Gasteiger partial charge in [-0.1, -0.05) is 61.8 Å². The number of nitrogens with one attached hydrogen (secondary N) is 2. The zero-order valence-corrected chi connectivity index (χ0v) is 17.7. The second-order valence-electron chi connectivity index (χ2n) is 7.29. The van der Waals surface area contributed by atoms with Gasteiger partial charge < -0.3 is 15.7 Å². The van der Waals surface area contributed by atoms with Crippen LogP contribution in [0.3, 0.4) is 0 Å². The third-order valence-electron chi connectivity index (χ3n) is 4.68. The summed E-state index contributed by atoms with van der Waals surface area (Å²) >= 11 is 6.08. The fourth-order valence-electron chi connectivity index (χ4n) is 2.94. The highest BCUT2D eigenvalue weighted by molar-refractivity contribution is 6.33. The number of rotatable bonds is 7. The predicted molar refractivity (Wildman–Crippen MR) is 117 cm³/mol. The summed E-state index contributed by atoms with van der Waals surface area (Å²) in [6.45, 7) is 3.70. The summed E-state index contributed by atoms with van der Waals surface area (Å²) in [5.74, 6) is 0.387. The smallest absolute Gasteiger partial charge is 0.394 e. The Balaban J connectivity index is 2.07. The van der Waals surface area contributed by atoms with Crippen LogP contribution in [0.15, 0.2) is 54.6 Å². The van der Waals surface area contributed by atoms with Gasteiger partial charge in [-0.3, -0.25) is 0 Å². The lowest BCUT2D eigenvalue weighted by Gasteiger charge is -2.21. The third-order valence-corrected chi connectivity index (χ3v) is 5.00. The highest BCUT2D eigenvalue weighted by atomic mass is 35.5. The van der Waals surface area contributed by atoms with Crippen LogP contribution in [0.5, 0.6) is 0 Å². The van der Waals surface area contributed by atoms with E-state index in [-0.39, 0.29) is 41.0 Å². The number of hydrogen-bond acceptors (Lipinski definition) is 5. The Morgan fingerprint density at radius 2 is 1.74 bits per heavy atom. The molecule has 1 aromatic heterocycles. The molecule has 9 heteroatoms. The maximum absolute atomic E-state index is 13.5. The minimum absolute atomic E-state index is 0.0748. The fraction of sp³-hybridized carbons (Fsp3) is 0.273. The first kappa shape index (κ1) is 22.8. The molecule has 31 heavy (non-hydrogen) atoms. The average Bonchev–Trinajstić information content (AvgIpc) is 2.73. The molecule has 0 aliphatic carbocycles. The number of benzene rings is 2. The first-order valence-corrected chi connectivity index (χ1v) is 10.0. The van der Waals surface area contributed by atoms with Crippen molar-refractivity contribution in [2.45, 2.75) is 26.1 Å². The van der Waals surface area contributed by atoms with E-state index in [9.17, 15) is 18.3 Å². The quantitative estimate of drug-likeness (QED) is 0.412. The highest BCUT2D eigenvalue weighted by Gasteiger charge is 2.34. The molecule has 0 saturated carbocycles. The van der Waals surface area contributed by atoms with E-state index in [0.717, 1.165) is 11.6 Å². The summed E-state index contributed by atoms with van der Waals surface area (Å²) in [7, 11) is 0. The van der Waals surface area contributed by atoms with E-state index in [2.05, 4.69) is 20.6 Å². The summed E-state index contributed by atoms with van der Waals surface area (Å²) in [5.41, 5.74) is 0.0747. The standard InChI is InChI=1S/C22H22ClF3N4O/c1-13(2)18(12-31)28-21-27-17(14-7-4-3-5-8-14)11-19(30-21)29-20-15(22(24,25)26)9-6-10-16(20)23/h3-11,13,18,31H,12H2,1-2H3,(H2,27,28,29,30)/t18-/m1/s1. The largest absolute Gasteiger partial charge is 0.418 e. The van der Waals surface area contributed by atoms with E-state index < -0.39 is 11.7 Å². The summed E-state index contributed by atoms with van der Waals surface area (Å²) in [6, 6.07) is 14.0. The number of anilines is 3. The molecular weight excluding hydrogens is 429 g/mol. The Morgan fingerprint density at radius 3 is 2.35 bits per heavy atom. The second kappa shape index (κ2) is 9.53. The van der Waals surface area contributed by atoms with Crippen molar-refractivity contribution in [1.82, 2.24) is 9.97 Å². The first-order valence-electron chi connectivity index (χ1n) is 9.63. The predicted octanol–water partition coefficient (Wildman–Crippen LogP) is 5.99. The lowest BCUT2D eigenvalue weighted by molar-refractivity contribution is -0.136. The molecule has 1 heterocycles. The van der Waals surface area contributed by atoms with Crippen LogP contribution in [0.2, 0.25) is 5.02 Å². The van der Waals surface area contributed by atoms with E-state index in [1.54, 1.807) is 6.07 Å². The third kappa shape index (κ3) is 5.65. The molecule has 5 nitrogen and oxygen atoms in total. The Kier molecular flexibility index (Phi) is 7.02. The van der Waals surface area contributed by atoms with Gasteiger partial charge in [-0.05, 0) is 18.1 Å². The maximum Gasteiger partial charge on any atom is 0.418 e. The number of aliphatic hydroxyl groups excluding tert-OH is 1. The number of hydrogen-bond donors (Lipinski definition) is 3. The number of aromatic nitrogens is 2. The summed E-state index contributed by atoms with van der Waals surface area (Å²) in [5, 5.41) is 15.3. The van der Waals surface area contributed by atoms with Gasteiger partial charge in [0.2, 0.25) is 5.95 Å². The van der Waals surface area contributed by atoms with Gasteiger partial charge in [0, 0.05) is 11.6 Å². The highest BCUT2D eigenvalue weighted by Crippen LogP contribution is 2.40. The molecule has 0 saturated heterocycles. The molecule has 3 rings (SSSR count). The molecule has 0 aliphatic heterocycles. The van der Waals surface area contributed by atoms with Crippen molar-refractivity contribution >= 4 is 29.1 Å². The molecule has 0 unspecified atom stereocenters. The second-order valence-corrected chi connectivity index (χ2v) is 7.70. The fourth-order valence-corrected chi connectivity index (χ4v) is 3.16. The number of nitrogens with zero attached hydrogens (tertiary/aromatic N) is 2. The van der Waals surface area contributed by atoms with Crippen molar-refractivity contribution in [3.05, 3.63) is 65.2 Å². The molecule has 0 bridgehead atoms. The van der Waals surface area contributed by atoms with Crippen LogP contribution < -0.4 is 10.6 Å². The van der Waals surface area contributed by atoms with E-state index >= 15 is 0 Å². The Bertz CT molecular complexity index is 1030. The van der Waals surface area contributed by atoms with Crippen molar-refractivity contribution in [2.75, 3.05) is 17.2 Å². The summed E-state index contributed by atoms with van der Waals surface area (Å²) in [4.78, 5) is 8.80. The lowest BCUT2D eigenvalue weighted by Crippen LogP contribution is -2.30. The van der Waals surface area contributed by atoms with E-state index in [1.165, 1.54) is 12.1 Å². The van der Waals surface area contributed by atoms with Crippen molar-refractivity contribution < 1.29 is 18.3 Å². The Labute approximate surface area is 183 Å². The zero-order valence-electron chi connectivity index (χ0n) is 16.9. The maximum atomic E-state index is 13.5.